The molecule has 51 heavy (non-hydrogen) atoms. The van der Waals surface area contributed by atoms with Crippen LogP contribution in [0.1, 0.15) is 98.6 Å². The molecule has 7 atom stereocenters. The number of rotatable bonds is 16. The lowest BCUT2D eigenvalue weighted by Crippen LogP contribution is -2.60. The maximum atomic E-state index is 14.6. The predicted molar refractivity (Wildman–Crippen MR) is 203 cm³/mol. The summed E-state index contributed by atoms with van der Waals surface area (Å²) in [5.41, 5.74) is 2.74. The van der Waals surface area contributed by atoms with Gasteiger partial charge in [0.2, 0.25) is 20.1 Å². The number of carbonyl (C=O) groups is 3. The zero-order valence-electron chi connectivity index (χ0n) is 32.3. The fourth-order valence-corrected chi connectivity index (χ4v) is 14.2. The second-order valence-corrected chi connectivity index (χ2v) is 21.1. The van der Waals surface area contributed by atoms with Gasteiger partial charge in [-0.1, -0.05) is 104 Å². The third-order valence-corrected chi connectivity index (χ3v) is 17.7. The monoisotopic (exact) mass is 722 g/mol. The van der Waals surface area contributed by atoms with E-state index in [1.807, 2.05) is 68.4 Å². The molecule has 2 amide bonds. The Morgan fingerprint density at radius 1 is 0.882 bits per heavy atom. The first kappa shape index (κ1) is 40.6. The van der Waals surface area contributed by atoms with Gasteiger partial charge in [0.15, 0.2) is 0 Å². The molecule has 1 saturated carbocycles. The van der Waals surface area contributed by atoms with Gasteiger partial charge in [-0.05, 0) is 77.4 Å². The lowest BCUT2D eigenvalue weighted by Gasteiger charge is -2.44. The molecule has 0 aromatic heterocycles. The highest BCUT2D eigenvalue weighted by atomic mass is 28.4. The molecule has 1 aliphatic heterocycles. The first-order valence-corrected chi connectivity index (χ1v) is 21.2. The zero-order chi connectivity index (χ0) is 37.5. The fraction of sp³-hybridized carbons (Fsp3) is 0.634. The quantitative estimate of drug-likeness (QED) is 0.139. The number of aliphatic hydroxyl groups is 1. The Kier molecular flexibility index (Phi) is 14.3. The standard InChI is InChI=1S/C41H62N2O7Si/c1-10-29(8)38(40(46)43-35-24-33(44)19-18-32(35)23-36(43)41(47)48-9)42-39(45)37(50-51(26(2)3,27(4)5)28(6)7)22-30-16-20-34(21-17-30)49-25-31-14-12-11-13-15-31/h11-17,20-21,26-29,32-33,35-38,44H,10,18-19,22-25H2,1-9H3,(H,42,45)/t29-,32-,33+,35-,36-,37+,38+/m0/s1. The zero-order valence-corrected chi connectivity index (χ0v) is 33.3. The minimum absolute atomic E-state index is 0.0974. The van der Waals surface area contributed by atoms with Crippen LogP contribution >= 0.6 is 0 Å². The third-order valence-electron chi connectivity index (χ3n) is 11.6. The van der Waals surface area contributed by atoms with Crippen molar-refractivity contribution in [1.29, 1.82) is 0 Å². The first-order valence-electron chi connectivity index (χ1n) is 19.0. The summed E-state index contributed by atoms with van der Waals surface area (Å²) < 4.78 is 18.4. The van der Waals surface area contributed by atoms with E-state index in [1.54, 1.807) is 4.90 Å². The van der Waals surface area contributed by atoms with Gasteiger partial charge in [-0.3, -0.25) is 9.59 Å². The second-order valence-electron chi connectivity index (χ2n) is 15.7. The van der Waals surface area contributed by atoms with Crippen LogP contribution in [0.2, 0.25) is 16.6 Å². The number of esters is 1. The van der Waals surface area contributed by atoms with E-state index in [4.69, 9.17) is 13.9 Å². The molecule has 10 heteroatoms. The van der Waals surface area contributed by atoms with Crippen LogP contribution in [0.4, 0.5) is 0 Å². The Labute approximate surface area is 306 Å². The first-order chi connectivity index (χ1) is 24.2. The largest absolute Gasteiger partial charge is 0.489 e. The SMILES string of the molecule is CC[C@H](C)[C@@H](NC(=O)[C@@H](Cc1ccc(OCc2ccccc2)cc1)O[Si](C(C)C)(C(C)C)C(C)C)C(=O)N1[C@H](C(=O)OC)C[C@@H]2CC[C@@H](O)C[C@@H]21. The van der Waals surface area contributed by atoms with Crippen molar-refractivity contribution in [3.63, 3.8) is 0 Å². The molecular weight excluding hydrogens is 661 g/mol. The van der Waals surface area contributed by atoms with Crippen LogP contribution in [-0.2, 0) is 36.6 Å². The molecule has 282 valence electrons. The minimum atomic E-state index is -2.54. The number of nitrogens with zero attached hydrogens (tertiary/aromatic N) is 1. The number of benzene rings is 2. The molecule has 0 unspecified atom stereocenters. The normalized spacial score (nSPS) is 22.4. The minimum Gasteiger partial charge on any atom is -0.489 e. The van der Waals surface area contributed by atoms with Crippen LogP contribution in [0.25, 0.3) is 0 Å². The molecule has 2 N–H and O–H groups in total. The van der Waals surface area contributed by atoms with Crippen molar-refractivity contribution < 1.29 is 33.4 Å². The van der Waals surface area contributed by atoms with Gasteiger partial charge in [0.05, 0.1) is 13.2 Å². The van der Waals surface area contributed by atoms with E-state index >= 15 is 0 Å². The number of methoxy groups -OCH3 is 1. The average Bonchev–Trinajstić information content (AvgIpc) is 3.49. The van der Waals surface area contributed by atoms with Gasteiger partial charge in [0.1, 0.15) is 30.5 Å². The Morgan fingerprint density at radius 3 is 2.08 bits per heavy atom. The number of hydrogen-bond acceptors (Lipinski definition) is 7. The number of carbonyl (C=O) groups excluding carboxylic acids is 3. The van der Waals surface area contributed by atoms with E-state index in [9.17, 15) is 19.5 Å². The van der Waals surface area contributed by atoms with Crippen molar-refractivity contribution in [2.45, 2.75) is 147 Å². The van der Waals surface area contributed by atoms with E-state index in [1.165, 1.54) is 7.11 Å². The van der Waals surface area contributed by atoms with Crippen LogP contribution in [0.3, 0.4) is 0 Å². The Morgan fingerprint density at radius 2 is 1.51 bits per heavy atom. The molecule has 2 fully saturated rings. The molecular formula is C41H62N2O7Si. The highest BCUT2D eigenvalue weighted by molar-refractivity contribution is 6.77. The summed E-state index contributed by atoms with van der Waals surface area (Å²) in [5, 5.41) is 13.8. The molecule has 1 saturated heterocycles. The summed E-state index contributed by atoms with van der Waals surface area (Å²) in [4.78, 5) is 44.0. The van der Waals surface area contributed by atoms with Crippen molar-refractivity contribution in [2.75, 3.05) is 7.11 Å². The molecule has 0 spiro atoms. The van der Waals surface area contributed by atoms with Crippen LogP contribution in [-0.4, -0.2) is 73.6 Å². The summed E-state index contributed by atoms with van der Waals surface area (Å²) in [6.45, 7) is 17.6. The van der Waals surface area contributed by atoms with Gasteiger partial charge in [0, 0.05) is 12.5 Å². The Balaban J connectivity index is 1.64. The second kappa shape index (κ2) is 18.0. The summed E-state index contributed by atoms with van der Waals surface area (Å²) in [7, 11) is -1.20. The molecule has 9 nitrogen and oxygen atoms in total. The van der Waals surface area contributed by atoms with Crippen LogP contribution < -0.4 is 10.1 Å². The maximum absolute atomic E-state index is 14.6. The van der Waals surface area contributed by atoms with E-state index in [2.05, 4.69) is 46.9 Å². The number of hydrogen-bond donors (Lipinski definition) is 2. The topological polar surface area (TPSA) is 114 Å². The number of amides is 2. The number of fused-ring (bicyclic) bond motifs is 1. The van der Waals surface area contributed by atoms with Crippen molar-refractivity contribution in [3.05, 3.63) is 65.7 Å². The molecule has 0 radical (unpaired) electrons. The van der Waals surface area contributed by atoms with Gasteiger partial charge in [-0.15, -0.1) is 0 Å². The highest BCUT2D eigenvalue weighted by Gasteiger charge is 2.52. The van der Waals surface area contributed by atoms with Crippen molar-refractivity contribution in [1.82, 2.24) is 10.2 Å². The maximum Gasteiger partial charge on any atom is 0.328 e. The van der Waals surface area contributed by atoms with Crippen molar-refractivity contribution >= 4 is 26.1 Å². The van der Waals surface area contributed by atoms with E-state index in [0.717, 1.165) is 23.3 Å². The highest BCUT2D eigenvalue weighted by Crippen LogP contribution is 2.44. The summed E-state index contributed by atoms with van der Waals surface area (Å²) in [6.07, 6.45) is 1.90. The number of ether oxygens (including phenoxy) is 2. The average molecular weight is 723 g/mol. The Bertz CT molecular complexity index is 1410. The molecule has 2 aliphatic rings. The van der Waals surface area contributed by atoms with Gasteiger partial charge >= 0.3 is 5.97 Å². The van der Waals surface area contributed by atoms with Crippen molar-refractivity contribution in [2.24, 2.45) is 11.8 Å². The summed E-state index contributed by atoms with van der Waals surface area (Å²) in [5.74, 6) is -0.463. The van der Waals surface area contributed by atoms with Crippen molar-refractivity contribution in [3.8, 4) is 5.75 Å². The van der Waals surface area contributed by atoms with Crippen LogP contribution in [0.15, 0.2) is 54.6 Å². The molecule has 1 heterocycles. The van der Waals surface area contributed by atoms with Crippen LogP contribution in [0.5, 0.6) is 5.75 Å². The molecule has 2 aromatic carbocycles. The summed E-state index contributed by atoms with van der Waals surface area (Å²) >= 11 is 0. The number of aliphatic hydroxyl groups excluding tert-OH is 1. The fourth-order valence-electron chi connectivity index (χ4n) is 8.71. The van der Waals surface area contributed by atoms with Gasteiger partial charge < -0.3 is 29.2 Å². The predicted octanol–water partition coefficient (Wildman–Crippen LogP) is 7.20. The molecule has 0 bridgehead atoms. The summed E-state index contributed by atoms with van der Waals surface area (Å²) in [6, 6.07) is 15.9. The van der Waals surface area contributed by atoms with E-state index in [0.29, 0.717) is 38.7 Å². The molecule has 2 aromatic rings. The van der Waals surface area contributed by atoms with E-state index < -0.39 is 38.6 Å². The molecule has 1 aliphatic carbocycles. The van der Waals surface area contributed by atoms with E-state index in [-0.39, 0.29) is 46.3 Å². The lowest BCUT2D eigenvalue weighted by molar-refractivity contribution is -0.154. The number of likely N-dealkylation sites (tertiary alicyclic amines) is 1. The smallest absolute Gasteiger partial charge is 0.328 e. The third kappa shape index (κ3) is 9.42. The molecule has 4 rings (SSSR count). The Hall–Kier alpha value is -3.21. The van der Waals surface area contributed by atoms with Crippen LogP contribution in [0, 0.1) is 11.8 Å². The van der Waals surface area contributed by atoms with Gasteiger partial charge in [-0.2, -0.15) is 0 Å². The van der Waals surface area contributed by atoms with Gasteiger partial charge in [0.25, 0.3) is 0 Å². The number of nitrogens with one attached hydrogen (secondary N) is 1. The van der Waals surface area contributed by atoms with Gasteiger partial charge in [-0.25, -0.2) is 4.79 Å². The lowest BCUT2D eigenvalue weighted by atomic mass is 9.83.